The molecule has 4 nitrogen and oxygen atoms in total. The molecule has 0 aliphatic heterocycles. The van der Waals surface area contributed by atoms with E-state index in [0.717, 1.165) is 31.4 Å². The fourth-order valence-electron chi connectivity index (χ4n) is 1.93. The van der Waals surface area contributed by atoms with Crippen molar-refractivity contribution < 1.29 is 19.1 Å². The lowest BCUT2D eigenvalue weighted by Gasteiger charge is -2.04. The van der Waals surface area contributed by atoms with Gasteiger partial charge in [-0.3, -0.25) is 4.79 Å². The van der Waals surface area contributed by atoms with E-state index in [-0.39, 0.29) is 13.0 Å². The average molecular weight is 278 g/mol. The summed E-state index contributed by atoms with van der Waals surface area (Å²) >= 11 is 0. The lowest BCUT2D eigenvalue weighted by Crippen LogP contribution is -2.16. The van der Waals surface area contributed by atoms with Crippen LogP contribution in [0.3, 0.4) is 0 Å². The van der Waals surface area contributed by atoms with E-state index in [4.69, 9.17) is 4.74 Å². The Labute approximate surface area is 120 Å². The molecule has 0 spiro atoms. The minimum Gasteiger partial charge on any atom is -0.497 e. The molecule has 110 valence electrons. The van der Waals surface area contributed by atoms with Gasteiger partial charge in [0.05, 0.1) is 13.7 Å². The van der Waals surface area contributed by atoms with Gasteiger partial charge in [-0.1, -0.05) is 18.6 Å². The fraction of sp³-hybridized carbons (Fsp3) is 0.500. The number of unbranched alkanes of at least 4 members (excludes halogenated alkanes) is 2. The van der Waals surface area contributed by atoms with Crippen LogP contribution in [0.15, 0.2) is 24.3 Å². The second-order valence-corrected chi connectivity index (χ2v) is 4.56. The highest BCUT2D eigenvalue weighted by Gasteiger charge is 2.13. The molecule has 0 bridgehead atoms. The van der Waals surface area contributed by atoms with Crippen molar-refractivity contribution in [3.05, 3.63) is 29.8 Å². The van der Waals surface area contributed by atoms with Crippen LogP contribution in [0.2, 0.25) is 0 Å². The summed E-state index contributed by atoms with van der Waals surface area (Å²) in [6.07, 6.45) is 3.86. The fourth-order valence-corrected chi connectivity index (χ4v) is 1.93. The van der Waals surface area contributed by atoms with Crippen molar-refractivity contribution in [3.63, 3.8) is 0 Å². The lowest BCUT2D eigenvalue weighted by molar-refractivity contribution is -0.153. The first-order valence-corrected chi connectivity index (χ1v) is 7.00. The first-order chi connectivity index (χ1) is 9.67. The molecule has 1 aromatic carbocycles. The van der Waals surface area contributed by atoms with E-state index >= 15 is 0 Å². The zero-order valence-corrected chi connectivity index (χ0v) is 12.2. The van der Waals surface area contributed by atoms with Crippen LogP contribution in [0.5, 0.6) is 5.75 Å². The molecular formula is C16H22O4. The number of Topliss-reactive ketones (excluding diaryl/α,β-unsaturated/α-hetero) is 1. The van der Waals surface area contributed by atoms with Gasteiger partial charge in [0.2, 0.25) is 5.78 Å². The van der Waals surface area contributed by atoms with Gasteiger partial charge >= 0.3 is 5.97 Å². The number of ketones is 1. The highest BCUT2D eigenvalue weighted by atomic mass is 16.5. The second-order valence-electron chi connectivity index (χ2n) is 4.56. The van der Waals surface area contributed by atoms with Gasteiger partial charge in [0.15, 0.2) is 0 Å². The van der Waals surface area contributed by atoms with Crippen LogP contribution in [0, 0.1) is 0 Å². The molecule has 0 aliphatic carbocycles. The van der Waals surface area contributed by atoms with Crippen molar-refractivity contribution in [1.82, 2.24) is 0 Å². The standard InChI is InChI=1S/C16H22O4/c1-3-20-16(18)15(17)11-6-4-5-8-13-9-7-10-14(12-13)19-2/h7,9-10,12H,3-6,8,11H2,1-2H3. The largest absolute Gasteiger partial charge is 0.497 e. The molecule has 0 fully saturated rings. The zero-order chi connectivity index (χ0) is 14.8. The number of ether oxygens (including phenoxy) is 2. The number of hydrogen-bond acceptors (Lipinski definition) is 4. The summed E-state index contributed by atoms with van der Waals surface area (Å²) in [7, 11) is 1.65. The van der Waals surface area contributed by atoms with E-state index in [9.17, 15) is 9.59 Å². The summed E-state index contributed by atoms with van der Waals surface area (Å²) in [6, 6.07) is 7.97. The third-order valence-electron chi connectivity index (χ3n) is 3.01. The Kier molecular flexibility index (Phi) is 7.40. The van der Waals surface area contributed by atoms with Crippen LogP contribution < -0.4 is 4.74 Å². The van der Waals surface area contributed by atoms with Crippen LogP contribution in [0.25, 0.3) is 0 Å². The molecule has 0 aromatic heterocycles. The zero-order valence-electron chi connectivity index (χ0n) is 12.2. The van der Waals surface area contributed by atoms with Crippen molar-refractivity contribution in [1.29, 1.82) is 0 Å². The van der Waals surface area contributed by atoms with Crippen molar-refractivity contribution in [3.8, 4) is 5.75 Å². The molecule has 0 aliphatic rings. The van der Waals surface area contributed by atoms with E-state index in [1.807, 2.05) is 18.2 Å². The molecule has 0 saturated carbocycles. The minimum absolute atomic E-state index is 0.250. The number of benzene rings is 1. The Bertz CT molecular complexity index is 440. The van der Waals surface area contributed by atoms with Gasteiger partial charge in [0.1, 0.15) is 5.75 Å². The van der Waals surface area contributed by atoms with Crippen LogP contribution in [-0.2, 0) is 20.7 Å². The molecule has 0 atom stereocenters. The monoisotopic (exact) mass is 278 g/mol. The Morgan fingerprint density at radius 3 is 2.65 bits per heavy atom. The molecule has 0 amide bonds. The number of carbonyl (C=O) groups excluding carboxylic acids is 2. The molecule has 4 heteroatoms. The number of aryl methyl sites for hydroxylation is 1. The molecule has 1 aromatic rings. The number of methoxy groups -OCH3 is 1. The molecule has 0 radical (unpaired) electrons. The van der Waals surface area contributed by atoms with Crippen LogP contribution in [0.4, 0.5) is 0 Å². The van der Waals surface area contributed by atoms with Crippen LogP contribution >= 0.6 is 0 Å². The van der Waals surface area contributed by atoms with E-state index in [1.54, 1.807) is 14.0 Å². The molecule has 0 N–H and O–H groups in total. The lowest BCUT2D eigenvalue weighted by atomic mass is 10.0. The first kappa shape index (κ1) is 16.2. The van der Waals surface area contributed by atoms with E-state index in [0.29, 0.717) is 0 Å². The van der Waals surface area contributed by atoms with E-state index < -0.39 is 11.8 Å². The Balaban J connectivity index is 2.18. The molecule has 1 rings (SSSR count). The normalized spacial score (nSPS) is 10.1. The summed E-state index contributed by atoms with van der Waals surface area (Å²) in [5.74, 6) is -0.270. The minimum atomic E-state index is -0.708. The maximum atomic E-state index is 11.4. The molecule has 0 heterocycles. The first-order valence-electron chi connectivity index (χ1n) is 7.00. The number of esters is 1. The second kappa shape index (κ2) is 9.13. The maximum absolute atomic E-state index is 11.4. The van der Waals surface area contributed by atoms with Gasteiger partial charge in [-0.05, 0) is 43.9 Å². The molecule has 0 unspecified atom stereocenters. The Hall–Kier alpha value is -1.84. The van der Waals surface area contributed by atoms with Crippen molar-refractivity contribution in [2.24, 2.45) is 0 Å². The third-order valence-corrected chi connectivity index (χ3v) is 3.01. The predicted molar refractivity (Wildman–Crippen MR) is 76.8 cm³/mol. The van der Waals surface area contributed by atoms with Crippen molar-refractivity contribution >= 4 is 11.8 Å². The predicted octanol–water partition coefficient (Wildman–Crippen LogP) is 2.93. The van der Waals surface area contributed by atoms with Gasteiger partial charge in [-0.2, -0.15) is 0 Å². The summed E-state index contributed by atoms with van der Waals surface area (Å²) in [5, 5.41) is 0. The SMILES string of the molecule is CCOC(=O)C(=O)CCCCCc1cccc(OC)c1. The Morgan fingerprint density at radius 2 is 1.95 bits per heavy atom. The number of carbonyl (C=O) groups is 2. The maximum Gasteiger partial charge on any atom is 0.374 e. The average Bonchev–Trinajstić information content (AvgIpc) is 2.47. The number of hydrogen-bond donors (Lipinski definition) is 0. The summed E-state index contributed by atoms with van der Waals surface area (Å²) in [5.41, 5.74) is 1.22. The summed E-state index contributed by atoms with van der Waals surface area (Å²) in [6.45, 7) is 1.94. The smallest absolute Gasteiger partial charge is 0.374 e. The van der Waals surface area contributed by atoms with Crippen molar-refractivity contribution in [2.75, 3.05) is 13.7 Å². The highest BCUT2D eigenvalue weighted by Crippen LogP contribution is 2.15. The molecule has 20 heavy (non-hydrogen) atoms. The van der Waals surface area contributed by atoms with Crippen LogP contribution in [0.1, 0.15) is 38.2 Å². The summed E-state index contributed by atoms with van der Waals surface area (Å²) in [4.78, 5) is 22.5. The topological polar surface area (TPSA) is 52.6 Å². The highest BCUT2D eigenvalue weighted by molar-refractivity contribution is 6.33. The Morgan fingerprint density at radius 1 is 1.15 bits per heavy atom. The van der Waals surface area contributed by atoms with Gasteiger partial charge in [0, 0.05) is 6.42 Å². The summed E-state index contributed by atoms with van der Waals surface area (Å²) < 4.78 is 9.82. The molecular weight excluding hydrogens is 256 g/mol. The number of rotatable bonds is 9. The molecule has 0 saturated heterocycles. The quantitative estimate of drug-likeness (QED) is 0.396. The van der Waals surface area contributed by atoms with E-state index in [2.05, 4.69) is 10.8 Å². The van der Waals surface area contributed by atoms with Crippen molar-refractivity contribution in [2.45, 2.75) is 39.0 Å². The van der Waals surface area contributed by atoms with Gasteiger partial charge in [0.25, 0.3) is 0 Å². The van der Waals surface area contributed by atoms with Gasteiger partial charge < -0.3 is 9.47 Å². The van der Waals surface area contributed by atoms with Crippen LogP contribution in [-0.4, -0.2) is 25.5 Å². The van der Waals surface area contributed by atoms with E-state index in [1.165, 1.54) is 5.56 Å². The third kappa shape index (κ3) is 5.87. The van der Waals surface area contributed by atoms with Gasteiger partial charge in [-0.25, -0.2) is 4.79 Å². The van der Waals surface area contributed by atoms with Gasteiger partial charge in [-0.15, -0.1) is 0 Å².